The van der Waals surface area contributed by atoms with Crippen LogP contribution in [0.2, 0.25) is 0 Å². The highest BCUT2D eigenvalue weighted by molar-refractivity contribution is 4.68. The molecule has 2 unspecified atom stereocenters. The largest absolute Gasteiger partial charge is 0.317 e. The lowest BCUT2D eigenvalue weighted by molar-refractivity contribution is 0.402. The smallest absolute Gasteiger partial charge is 0.00201 e. The lowest BCUT2D eigenvalue weighted by atomic mass is 10.0. The van der Waals surface area contributed by atoms with Crippen LogP contribution in [0.1, 0.15) is 52.9 Å². The zero-order valence-electron chi connectivity index (χ0n) is 14.0. The van der Waals surface area contributed by atoms with Crippen molar-refractivity contribution in [3.05, 3.63) is 0 Å². The van der Waals surface area contributed by atoms with Gasteiger partial charge in [-0.25, -0.2) is 0 Å². The zero-order valence-corrected chi connectivity index (χ0v) is 14.0. The van der Waals surface area contributed by atoms with Gasteiger partial charge in [0.15, 0.2) is 0 Å². The van der Waals surface area contributed by atoms with Crippen LogP contribution in [0.3, 0.4) is 0 Å². The molecule has 3 heterocycles. The maximum atomic E-state index is 3.32. The lowest BCUT2D eigenvalue weighted by Gasteiger charge is -2.17. The quantitative estimate of drug-likeness (QED) is 0.692. The molecular weight excluding hydrogens is 246 g/mol. The highest BCUT2D eigenvalue weighted by Gasteiger charge is 2.10. The van der Waals surface area contributed by atoms with Gasteiger partial charge in [0.25, 0.3) is 0 Å². The van der Waals surface area contributed by atoms with E-state index in [4.69, 9.17) is 0 Å². The van der Waals surface area contributed by atoms with Crippen molar-refractivity contribution >= 4 is 0 Å². The molecule has 3 nitrogen and oxygen atoms in total. The predicted molar refractivity (Wildman–Crippen MR) is 89.2 cm³/mol. The Morgan fingerprint density at radius 1 is 0.700 bits per heavy atom. The van der Waals surface area contributed by atoms with Crippen molar-refractivity contribution in [3.63, 3.8) is 0 Å². The Labute approximate surface area is 126 Å². The van der Waals surface area contributed by atoms with Gasteiger partial charge < -0.3 is 16.0 Å². The molecule has 3 aliphatic rings. The zero-order chi connectivity index (χ0) is 14.6. The summed E-state index contributed by atoms with van der Waals surface area (Å²) in [6.07, 6.45) is 6.88. The minimum absolute atomic E-state index is 0.935. The Morgan fingerprint density at radius 3 is 1.50 bits per heavy atom. The molecular formula is C17H37N3. The second-order valence-corrected chi connectivity index (χ2v) is 6.80. The second kappa shape index (κ2) is 11.5. The third-order valence-electron chi connectivity index (χ3n) is 4.67. The maximum Gasteiger partial charge on any atom is -0.00201 e. The molecule has 0 saturated carbocycles. The molecule has 20 heavy (non-hydrogen) atoms. The molecule has 3 rings (SSSR count). The fourth-order valence-corrected chi connectivity index (χ4v) is 2.83. The topological polar surface area (TPSA) is 36.1 Å². The highest BCUT2D eigenvalue weighted by Crippen LogP contribution is 2.10. The Kier molecular flexibility index (Phi) is 10.3. The third kappa shape index (κ3) is 8.93. The molecule has 0 aromatic rings. The molecule has 3 saturated heterocycles. The number of hydrogen-bond donors (Lipinski definition) is 3. The van der Waals surface area contributed by atoms with Gasteiger partial charge in [0.2, 0.25) is 0 Å². The molecule has 3 fully saturated rings. The number of nitrogens with one attached hydrogen (secondary N) is 3. The summed E-state index contributed by atoms with van der Waals surface area (Å²) in [5.74, 6) is 2.89. The summed E-state index contributed by atoms with van der Waals surface area (Å²) in [4.78, 5) is 0. The van der Waals surface area contributed by atoms with Gasteiger partial charge >= 0.3 is 0 Å². The summed E-state index contributed by atoms with van der Waals surface area (Å²) in [5.41, 5.74) is 0. The molecule has 0 spiro atoms. The van der Waals surface area contributed by atoms with E-state index in [9.17, 15) is 0 Å². The van der Waals surface area contributed by atoms with Gasteiger partial charge in [0.1, 0.15) is 0 Å². The maximum absolute atomic E-state index is 3.32. The summed E-state index contributed by atoms with van der Waals surface area (Å²) >= 11 is 0. The van der Waals surface area contributed by atoms with Crippen LogP contribution in [0.4, 0.5) is 0 Å². The molecule has 0 amide bonds. The van der Waals surface area contributed by atoms with E-state index in [1.165, 1.54) is 71.4 Å². The SMILES string of the molecule is CC1CCNC1.CC1CCNCC1.CCC1CCNC1. The summed E-state index contributed by atoms with van der Waals surface area (Å²) in [6, 6.07) is 0. The van der Waals surface area contributed by atoms with Gasteiger partial charge in [-0.15, -0.1) is 0 Å². The van der Waals surface area contributed by atoms with Crippen molar-refractivity contribution in [1.82, 2.24) is 16.0 Å². The molecule has 0 aliphatic carbocycles. The van der Waals surface area contributed by atoms with Crippen molar-refractivity contribution in [2.75, 3.05) is 39.3 Å². The van der Waals surface area contributed by atoms with E-state index in [0.717, 1.165) is 17.8 Å². The first-order valence-electron chi connectivity index (χ1n) is 8.84. The molecule has 3 aliphatic heterocycles. The van der Waals surface area contributed by atoms with E-state index in [2.05, 4.69) is 36.7 Å². The van der Waals surface area contributed by atoms with Crippen LogP contribution in [-0.4, -0.2) is 39.3 Å². The van der Waals surface area contributed by atoms with Gasteiger partial charge in [-0.05, 0) is 82.7 Å². The minimum atomic E-state index is 0.935. The summed E-state index contributed by atoms with van der Waals surface area (Å²) in [7, 11) is 0. The Hall–Kier alpha value is -0.120. The summed E-state index contributed by atoms with van der Waals surface area (Å²) in [5, 5.41) is 9.91. The fraction of sp³-hybridized carbons (Fsp3) is 1.00. The van der Waals surface area contributed by atoms with Gasteiger partial charge in [-0.2, -0.15) is 0 Å². The molecule has 2 atom stereocenters. The van der Waals surface area contributed by atoms with Crippen molar-refractivity contribution in [2.24, 2.45) is 17.8 Å². The molecule has 0 aromatic heterocycles. The first kappa shape index (κ1) is 17.9. The Bertz CT molecular complexity index is 202. The molecule has 0 aromatic carbocycles. The number of piperidine rings is 1. The van der Waals surface area contributed by atoms with Crippen LogP contribution in [0.15, 0.2) is 0 Å². The van der Waals surface area contributed by atoms with Crippen molar-refractivity contribution in [2.45, 2.75) is 52.9 Å². The average Bonchev–Trinajstić information content (AvgIpc) is 3.14. The van der Waals surface area contributed by atoms with Gasteiger partial charge in [0.05, 0.1) is 0 Å². The van der Waals surface area contributed by atoms with Crippen molar-refractivity contribution < 1.29 is 0 Å². The summed E-state index contributed by atoms with van der Waals surface area (Å²) in [6.45, 7) is 14.3. The standard InChI is InChI=1S/2C6H13N.C5H11N/c1-6-2-4-7-5-3-6;1-2-6-3-4-7-5-6;1-5-2-3-6-4-5/h2*6-7H,2-5H2,1H3;5-6H,2-4H2,1H3. The van der Waals surface area contributed by atoms with E-state index in [1.54, 1.807) is 0 Å². The van der Waals surface area contributed by atoms with Gasteiger partial charge in [-0.1, -0.05) is 27.2 Å². The lowest BCUT2D eigenvalue weighted by Crippen LogP contribution is -2.26. The van der Waals surface area contributed by atoms with E-state index < -0.39 is 0 Å². The molecule has 0 radical (unpaired) electrons. The number of rotatable bonds is 1. The van der Waals surface area contributed by atoms with Crippen LogP contribution in [0, 0.1) is 17.8 Å². The number of hydrogen-bond acceptors (Lipinski definition) is 3. The highest BCUT2D eigenvalue weighted by atomic mass is 14.9. The average molecular weight is 284 g/mol. The fourth-order valence-electron chi connectivity index (χ4n) is 2.83. The Balaban J connectivity index is 0.000000151. The van der Waals surface area contributed by atoms with Crippen LogP contribution >= 0.6 is 0 Å². The van der Waals surface area contributed by atoms with E-state index >= 15 is 0 Å². The predicted octanol–water partition coefficient (Wildman–Crippen LogP) is 2.63. The minimum Gasteiger partial charge on any atom is -0.317 e. The molecule has 0 bridgehead atoms. The van der Waals surface area contributed by atoms with E-state index in [-0.39, 0.29) is 0 Å². The van der Waals surface area contributed by atoms with Crippen LogP contribution in [0.25, 0.3) is 0 Å². The van der Waals surface area contributed by atoms with Crippen molar-refractivity contribution in [1.29, 1.82) is 0 Å². The van der Waals surface area contributed by atoms with E-state index in [1.807, 2.05) is 0 Å². The molecule has 3 N–H and O–H groups in total. The summed E-state index contributed by atoms with van der Waals surface area (Å²) < 4.78 is 0. The van der Waals surface area contributed by atoms with Crippen LogP contribution in [0.5, 0.6) is 0 Å². The van der Waals surface area contributed by atoms with Crippen LogP contribution in [-0.2, 0) is 0 Å². The first-order chi connectivity index (χ1) is 9.72. The van der Waals surface area contributed by atoms with Gasteiger partial charge in [-0.3, -0.25) is 0 Å². The van der Waals surface area contributed by atoms with E-state index in [0.29, 0.717) is 0 Å². The molecule has 120 valence electrons. The Morgan fingerprint density at radius 2 is 1.25 bits per heavy atom. The monoisotopic (exact) mass is 283 g/mol. The normalized spacial score (nSPS) is 30.1. The molecule has 3 heteroatoms. The first-order valence-corrected chi connectivity index (χ1v) is 8.84. The van der Waals surface area contributed by atoms with Crippen molar-refractivity contribution in [3.8, 4) is 0 Å². The van der Waals surface area contributed by atoms with Crippen LogP contribution < -0.4 is 16.0 Å². The second-order valence-electron chi connectivity index (χ2n) is 6.80. The third-order valence-corrected chi connectivity index (χ3v) is 4.67. The van der Waals surface area contributed by atoms with Gasteiger partial charge in [0, 0.05) is 0 Å².